The third-order valence-electron chi connectivity index (χ3n) is 4.99. The summed E-state index contributed by atoms with van der Waals surface area (Å²) in [5.41, 5.74) is 0.300. The predicted molar refractivity (Wildman–Crippen MR) is 75.2 cm³/mol. The molecule has 1 atom stereocenters. The minimum Gasteiger partial charge on any atom is -0.295 e. The van der Waals surface area contributed by atoms with Gasteiger partial charge in [0.25, 0.3) is 0 Å². The molecule has 0 spiro atoms. The van der Waals surface area contributed by atoms with Crippen LogP contribution in [0.3, 0.4) is 0 Å². The summed E-state index contributed by atoms with van der Waals surface area (Å²) >= 11 is 0. The lowest BCUT2D eigenvalue weighted by Gasteiger charge is -2.49. The van der Waals surface area contributed by atoms with Crippen molar-refractivity contribution >= 4 is 0 Å². The van der Waals surface area contributed by atoms with E-state index in [-0.39, 0.29) is 0 Å². The zero-order valence-electron chi connectivity index (χ0n) is 12.1. The first-order valence-electron chi connectivity index (χ1n) is 7.77. The molecule has 0 N–H and O–H groups in total. The Hall–Kier alpha value is -0.550. The van der Waals surface area contributed by atoms with Gasteiger partial charge in [-0.25, -0.2) is 0 Å². The van der Waals surface area contributed by atoms with Crippen molar-refractivity contribution < 1.29 is 0 Å². The van der Waals surface area contributed by atoms with Gasteiger partial charge in [0.1, 0.15) is 0 Å². The lowest BCUT2D eigenvalue weighted by Crippen LogP contribution is -2.54. The third kappa shape index (κ3) is 3.26. The maximum atomic E-state index is 8.88. The smallest absolute Gasteiger partial charge is 0.0624 e. The maximum absolute atomic E-state index is 8.88. The van der Waals surface area contributed by atoms with Gasteiger partial charge < -0.3 is 0 Å². The lowest BCUT2D eigenvalue weighted by molar-refractivity contribution is 0.00457. The van der Waals surface area contributed by atoms with Crippen molar-refractivity contribution in [2.45, 2.75) is 83.2 Å². The summed E-state index contributed by atoms with van der Waals surface area (Å²) in [5, 5.41) is 8.88. The molecular weight excluding hydrogens is 220 g/mol. The molecule has 0 radical (unpaired) electrons. The molecule has 102 valence electrons. The van der Waals surface area contributed by atoms with Crippen LogP contribution in [0.4, 0.5) is 0 Å². The fraction of sp³-hybridized carbons (Fsp3) is 0.938. The van der Waals surface area contributed by atoms with Crippen LogP contribution in [0, 0.1) is 17.2 Å². The molecule has 2 rings (SSSR count). The first-order valence-corrected chi connectivity index (χ1v) is 7.77. The average molecular weight is 248 g/mol. The second-order valence-electron chi connectivity index (χ2n) is 6.87. The monoisotopic (exact) mass is 248 g/mol. The molecule has 2 fully saturated rings. The largest absolute Gasteiger partial charge is 0.295 e. The van der Waals surface area contributed by atoms with E-state index in [0.717, 1.165) is 12.5 Å². The van der Waals surface area contributed by atoms with Gasteiger partial charge in [0.2, 0.25) is 0 Å². The molecular formula is C16H28N2. The highest BCUT2D eigenvalue weighted by Crippen LogP contribution is 2.37. The van der Waals surface area contributed by atoms with Crippen molar-refractivity contribution in [1.82, 2.24) is 4.90 Å². The van der Waals surface area contributed by atoms with Crippen LogP contribution < -0.4 is 0 Å². The minimum atomic E-state index is 0.300. The molecule has 1 aliphatic carbocycles. The van der Waals surface area contributed by atoms with Crippen LogP contribution in [0.15, 0.2) is 0 Å². The van der Waals surface area contributed by atoms with Crippen LogP contribution in [0.5, 0.6) is 0 Å². The molecule has 0 bridgehead atoms. The molecule has 18 heavy (non-hydrogen) atoms. The van der Waals surface area contributed by atoms with Gasteiger partial charge in [0.05, 0.1) is 6.07 Å². The van der Waals surface area contributed by atoms with E-state index in [2.05, 4.69) is 24.8 Å². The first kappa shape index (κ1) is 13.9. The highest BCUT2D eigenvalue weighted by Gasteiger charge is 2.38. The molecule has 2 aliphatic rings. The van der Waals surface area contributed by atoms with E-state index in [0.29, 0.717) is 11.5 Å². The molecule has 1 unspecified atom stereocenters. The molecule has 1 aliphatic heterocycles. The van der Waals surface area contributed by atoms with Crippen LogP contribution in [0.1, 0.15) is 71.6 Å². The average Bonchev–Trinajstić information content (AvgIpc) is 2.57. The summed E-state index contributed by atoms with van der Waals surface area (Å²) in [6.07, 6.45) is 11.7. The number of piperidine rings is 1. The van der Waals surface area contributed by atoms with E-state index in [1.54, 1.807) is 0 Å². The number of nitriles is 1. The fourth-order valence-corrected chi connectivity index (χ4v) is 4.10. The Kier molecular flexibility index (Phi) is 4.67. The number of nitrogens with zero attached hydrogens (tertiary/aromatic N) is 2. The molecule has 1 saturated heterocycles. The standard InChI is InChI=1S/C16H28N2/c1-16(2)13-14(9-11-17)10-12-18(16)15-7-5-3-4-6-8-15/h14-15H,3-10,12-13H2,1-2H3. The molecule has 0 aromatic rings. The van der Waals surface area contributed by atoms with Crippen LogP contribution in [0.25, 0.3) is 0 Å². The van der Waals surface area contributed by atoms with Gasteiger partial charge in [0.15, 0.2) is 0 Å². The Labute approximate surface area is 112 Å². The van der Waals surface area contributed by atoms with Gasteiger partial charge in [-0.05, 0) is 52.0 Å². The molecule has 1 saturated carbocycles. The normalized spacial score (nSPS) is 30.6. The molecule has 0 aromatic carbocycles. The van der Waals surface area contributed by atoms with Crippen LogP contribution >= 0.6 is 0 Å². The van der Waals surface area contributed by atoms with Crippen molar-refractivity contribution in [3.8, 4) is 6.07 Å². The van der Waals surface area contributed by atoms with Crippen LogP contribution in [-0.2, 0) is 0 Å². The topological polar surface area (TPSA) is 27.0 Å². The number of hydrogen-bond acceptors (Lipinski definition) is 2. The highest BCUT2D eigenvalue weighted by molar-refractivity contribution is 4.95. The van der Waals surface area contributed by atoms with Crippen molar-refractivity contribution in [1.29, 1.82) is 5.26 Å². The Morgan fingerprint density at radius 2 is 1.78 bits per heavy atom. The fourth-order valence-electron chi connectivity index (χ4n) is 4.10. The molecule has 0 amide bonds. The molecule has 2 nitrogen and oxygen atoms in total. The number of likely N-dealkylation sites (tertiary alicyclic amines) is 1. The van der Waals surface area contributed by atoms with Gasteiger partial charge in [-0.3, -0.25) is 4.90 Å². The number of rotatable bonds is 2. The Morgan fingerprint density at radius 3 is 2.33 bits per heavy atom. The van der Waals surface area contributed by atoms with Gasteiger partial charge in [-0.1, -0.05) is 25.7 Å². The molecule has 1 heterocycles. The van der Waals surface area contributed by atoms with Gasteiger partial charge in [0, 0.05) is 18.0 Å². The SMILES string of the molecule is CC1(C)CC(CC#N)CCN1C1CCCCCC1. The maximum Gasteiger partial charge on any atom is 0.0624 e. The Morgan fingerprint density at radius 1 is 1.11 bits per heavy atom. The van der Waals surface area contributed by atoms with Crippen LogP contribution in [-0.4, -0.2) is 23.0 Å². The highest BCUT2D eigenvalue weighted by atomic mass is 15.2. The van der Waals surface area contributed by atoms with Crippen molar-refractivity contribution in [2.75, 3.05) is 6.54 Å². The van der Waals surface area contributed by atoms with E-state index >= 15 is 0 Å². The quantitative estimate of drug-likeness (QED) is 0.688. The Balaban J connectivity index is 1.98. The van der Waals surface area contributed by atoms with Crippen molar-refractivity contribution in [3.63, 3.8) is 0 Å². The second kappa shape index (κ2) is 6.06. The van der Waals surface area contributed by atoms with E-state index in [9.17, 15) is 0 Å². The van der Waals surface area contributed by atoms with E-state index in [1.807, 2.05) is 0 Å². The summed E-state index contributed by atoms with van der Waals surface area (Å²) in [7, 11) is 0. The summed E-state index contributed by atoms with van der Waals surface area (Å²) in [4.78, 5) is 2.77. The van der Waals surface area contributed by atoms with Gasteiger partial charge in [-0.2, -0.15) is 5.26 Å². The minimum absolute atomic E-state index is 0.300. The lowest BCUT2D eigenvalue weighted by atomic mass is 9.79. The summed E-state index contributed by atoms with van der Waals surface area (Å²) in [5.74, 6) is 0.632. The predicted octanol–water partition coefficient (Wildman–Crippen LogP) is 4.11. The third-order valence-corrected chi connectivity index (χ3v) is 4.99. The zero-order valence-corrected chi connectivity index (χ0v) is 12.1. The summed E-state index contributed by atoms with van der Waals surface area (Å²) < 4.78 is 0. The van der Waals surface area contributed by atoms with E-state index in [1.165, 1.54) is 57.9 Å². The van der Waals surface area contributed by atoms with E-state index in [4.69, 9.17) is 5.26 Å². The molecule has 2 heteroatoms. The van der Waals surface area contributed by atoms with Crippen molar-refractivity contribution in [3.05, 3.63) is 0 Å². The zero-order chi connectivity index (χ0) is 13.0. The van der Waals surface area contributed by atoms with Crippen LogP contribution in [0.2, 0.25) is 0 Å². The van der Waals surface area contributed by atoms with Gasteiger partial charge in [-0.15, -0.1) is 0 Å². The van der Waals surface area contributed by atoms with Gasteiger partial charge >= 0.3 is 0 Å². The number of hydrogen-bond donors (Lipinski definition) is 0. The summed E-state index contributed by atoms with van der Waals surface area (Å²) in [6, 6.07) is 3.17. The summed E-state index contributed by atoms with van der Waals surface area (Å²) in [6.45, 7) is 5.99. The second-order valence-corrected chi connectivity index (χ2v) is 6.87. The first-order chi connectivity index (χ1) is 8.63. The van der Waals surface area contributed by atoms with Crippen molar-refractivity contribution in [2.24, 2.45) is 5.92 Å². The molecule has 0 aromatic heterocycles. The Bertz CT molecular complexity index is 295. The van der Waals surface area contributed by atoms with E-state index < -0.39 is 0 Å².